The summed E-state index contributed by atoms with van der Waals surface area (Å²) in [7, 11) is 1.73. The van der Waals surface area contributed by atoms with E-state index in [1.54, 1.807) is 14.0 Å². The Labute approximate surface area is 77.4 Å². The smallest absolute Gasteiger partial charge is 0.344 e. The van der Waals surface area contributed by atoms with Crippen LogP contribution in [0.15, 0.2) is 0 Å². The minimum atomic E-state index is -0.514. The Bertz CT molecular complexity index is 170. The van der Waals surface area contributed by atoms with Crippen molar-refractivity contribution < 1.29 is 19.1 Å². The van der Waals surface area contributed by atoms with Crippen LogP contribution in [0, 0.1) is 0 Å². The summed E-state index contributed by atoms with van der Waals surface area (Å²) in [6.45, 7) is 2.24. The summed E-state index contributed by atoms with van der Waals surface area (Å²) in [6.07, 6.45) is 0.260. The van der Waals surface area contributed by atoms with Gasteiger partial charge in [-0.15, -0.1) is 0 Å². The van der Waals surface area contributed by atoms with Crippen molar-refractivity contribution in [2.75, 3.05) is 26.8 Å². The molecule has 0 unspecified atom stereocenters. The van der Waals surface area contributed by atoms with Crippen molar-refractivity contribution in [2.45, 2.75) is 13.3 Å². The average molecular weight is 189 g/mol. The van der Waals surface area contributed by atoms with Gasteiger partial charge in [-0.3, -0.25) is 4.79 Å². The Morgan fingerprint density at radius 1 is 1.23 bits per heavy atom. The Hall–Kier alpha value is -1.10. The second-order valence-corrected chi connectivity index (χ2v) is 2.32. The number of rotatable bonds is 6. The SMILES string of the molecule is CCOC(=O)COC(=O)CCNC. The maximum absolute atomic E-state index is 10.8. The molecule has 0 bridgehead atoms. The van der Waals surface area contributed by atoms with E-state index in [4.69, 9.17) is 0 Å². The van der Waals surface area contributed by atoms with Gasteiger partial charge in [-0.05, 0) is 14.0 Å². The molecule has 0 saturated heterocycles. The summed E-state index contributed by atoms with van der Waals surface area (Å²) in [5.41, 5.74) is 0. The highest BCUT2D eigenvalue weighted by atomic mass is 16.6. The van der Waals surface area contributed by atoms with Crippen LogP contribution >= 0.6 is 0 Å². The lowest BCUT2D eigenvalue weighted by Crippen LogP contribution is -2.19. The van der Waals surface area contributed by atoms with Crippen LogP contribution in [0.5, 0.6) is 0 Å². The highest BCUT2D eigenvalue weighted by molar-refractivity contribution is 5.76. The van der Waals surface area contributed by atoms with Crippen LogP contribution in [0.1, 0.15) is 13.3 Å². The Morgan fingerprint density at radius 2 is 1.92 bits per heavy atom. The molecule has 1 N–H and O–H groups in total. The molecule has 0 saturated carbocycles. The maximum atomic E-state index is 10.8. The van der Waals surface area contributed by atoms with Gasteiger partial charge in [0, 0.05) is 6.54 Å². The molecule has 0 aliphatic heterocycles. The van der Waals surface area contributed by atoms with Gasteiger partial charge in [0.15, 0.2) is 6.61 Å². The molecular formula is C8H15NO4. The first kappa shape index (κ1) is 11.9. The minimum absolute atomic E-state index is 0.260. The number of hydrogen-bond acceptors (Lipinski definition) is 5. The first-order valence-electron chi connectivity index (χ1n) is 4.16. The zero-order valence-corrected chi connectivity index (χ0v) is 7.96. The summed E-state index contributed by atoms with van der Waals surface area (Å²) in [4.78, 5) is 21.5. The lowest BCUT2D eigenvalue weighted by molar-refractivity contribution is -0.158. The van der Waals surface area contributed by atoms with Crippen LogP contribution in [0.3, 0.4) is 0 Å². The van der Waals surface area contributed by atoms with Crippen molar-refractivity contribution in [1.29, 1.82) is 0 Å². The summed E-state index contributed by atoms with van der Waals surface area (Å²) < 4.78 is 9.17. The van der Waals surface area contributed by atoms with Gasteiger partial charge in [0.05, 0.1) is 13.0 Å². The van der Waals surface area contributed by atoms with Crippen molar-refractivity contribution in [3.8, 4) is 0 Å². The summed E-state index contributed by atoms with van der Waals surface area (Å²) in [5, 5.41) is 2.79. The van der Waals surface area contributed by atoms with E-state index in [0.29, 0.717) is 13.2 Å². The van der Waals surface area contributed by atoms with Crippen molar-refractivity contribution in [3.63, 3.8) is 0 Å². The van der Waals surface area contributed by atoms with Gasteiger partial charge in [0.1, 0.15) is 0 Å². The molecule has 5 heteroatoms. The fraction of sp³-hybridized carbons (Fsp3) is 0.750. The van der Waals surface area contributed by atoms with Crippen LogP contribution < -0.4 is 5.32 Å². The second-order valence-electron chi connectivity index (χ2n) is 2.32. The minimum Gasteiger partial charge on any atom is -0.463 e. The van der Waals surface area contributed by atoms with Gasteiger partial charge in [-0.2, -0.15) is 0 Å². The van der Waals surface area contributed by atoms with Gasteiger partial charge >= 0.3 is 11.9 Å². The number of hydrogen-bond donors (Lipinski definition) is 1. The Balaban J connectivity index is 3.40. The number of nitrogens with one attached hydrogen (secondary N) is 1. The normalized spacial score (nSPS) is 9.38. The number of esters is 2. The molecule has 0 heterocycles. The number of carbonyl (C=O) groups is 2. The predicted octanol–water partition coefficient (Wildman–Crippen LogP) is -0.298. The molecule has 0 radical (unpaired) electrons. The van der Waals surface area contributed by atoms with Crippen molar-refractivity contribution >= 4 is 11.9 Å². The molecule has 0 aromatic heterocycles. The zero-order valence-electron chi connectivity index (χ0n) is 7.96. The molecular weight excluding hydrogens is 174 g/mol. The molecule has 0 fully saturated rings. The molecule has 0 spiro atoms. The predicted molar refractivity (Wildman–Crippen MR) is 46.1 cm³/mol. The van der Waals surface area contributed by atoms with E-state index in [2.05, 4.69) is 14.8 Å². The maximum Gasteiger partial charge on any atom is 0.344 e. The fourth-order valence-corrected chi connectivity index (χ4v) is 0.641. The van der Waals surface area contributed by atoms with Crippen molar-refractivity contribution in [3.05, 3.63) is 0 Å². The van der Waals surface area contributed by atoms with Crippen molar-refractivity contribution in [2.24, 2.45) is 0 Å². The van der Waals surface area contributed by atoms with E-state index in [0.717, 1.165) is 0 Å². The highest BCUT2D eigenvalue weighted by Crippen LogP contribution is 1.86. The third-order valence-corrected chi connectivity index (χ3v) is 1.24. The Morgan fingerprint density at radius 3 is 2.46 bits per heavy atom. The van der Waals surface area contributed by atoms with Gasteiger partial charge in [-0.25, -0.2) is 4.79 Å². The average Bonchev–Trinajstić information content (AvgIpc) is 2.12. The molecule has 0 aromatic rings. The molecule has 0 amide bonds. The van der Waals surface area contributed by atoms with E-state index < -0.39 is 11.9 Å². The molecule has 0 aliphatic carbocycles. The summed E-state index contributed by atoms with van der Waals surface area (Å²) in [6, 6.07) is 0. The van der Waals surface area contributed by atoms with E-state index in [1.807, 2.05) is 0 Å². The van der Waals surface area contributed by atoms with E-state index in [9.17, 15) is 9.59 Å². The second kappa shape index (κ2) is 7.54. The molecule has 0 aliphatic rings. The monoisotopic (exact) mass is 189 g/mol. The van der Waals surface area contributed by atoms with E-state index >= 15 is 0 Å². The first-order chi connectivity index (χ1) is 6.20. The molecule has 5 nitrogen and oxygen atoms in total. The van der Waals surface area contributed by atoms with Gasteiger partial charge in [-0.1, -0.05) is 0 Å². The van der Waals surface area contributed by atoms with Crippen LogP contribution in [-0.4, -0.2) is 38.7 Å². The van der Waals surface area contributed by atoms with Crippen molar-refractivity contribution in [1.82, 2.24) is 5.32 Å². The van der Waals surface area contributed by atoms with Crippen LogP contribution in [-0.2, 0) is 19.1 Å². The Kier molecular flexibility index (Phi) is 6.91. The van der Waals surface area contributed by atoms with Gasteiger partial charge in [0.25, 0.3) is 0 Å². The van der Waals surface area contributed by atoms with E-state index in [-0.39, 0.29) is 13.0 Å². The lowest BCUT2D eigenvalue weighted by atomic mass is 10.4. The molecule has 76 valence electrons. The summed E-state index contributed by atoms with van der Waals surface area (Å²) >= 11 is 0. The zero-order chi connectivity index (χ0) is 10.1. The lowest BCUT2D eigenvalue weighted by Gasteiger charge is -2.03. The topological polar surface area (TPSA) is 64.6 Å². The quantitative estimate of drug-likeness (QED) is 0.581. The standard InChI is InChI=1S/C8H15NO4/c1-3-12-8(11)6-13-7(10)4-5-9-2/h9H,3-6H2,1-2H3. The first-order valence-corrected chi connectivity index (χ1v) is 4.16. The van der Waals surface area contributed by atoms with Crippen LogP contribution in [0.4, 0.5) is 0 Å². The fourth-order valence-electron chi connectivity index (χ4n) is 0.641. The molecule has 13 heavy (non-hydrogen) atoms. The molecule has 0 aromatic carbocycles. The van der Waals surface area contributed by atoms with E-state index in [1.165, 1.54) is 0 Å². The summed E-state index contributed by atoms with van der Waals surface area (Å²) in [5.74, 6) is -0.914. The van der Waals surface area contributed by atoms with Gasteiger partial charge in [0.2, 0.25) is 0 Å². The third-order valence-electron chi connectivity index (χ3n) is 1.24. The molecule has 0 atom stereocenters. The number of carbonyl (C=O) groups excluding carboxylic acids is 2. The van der Waals surface area contributed by atoms with Crippen LogP contribution in [0.2, 0.25) is 0 Å². The largest absolute Gasteiger partial charge is 0.463 e. The van der Waals surface area contributed by atoms with Gasteiger partial charge < -0.3 is 14.8 Å². The molecule has 0 rings (SSSR count). The van der Waals surface area contributed by atoms with Crippen LogP contribution in [0.25, 0.3) is 0 Å². The number of ether oxygens (including phenoxy) is 2. The highest BCUT2D eigenvalue weighted by Gasteiger charge is 2.06. The third kappa shape index (κ3) is 7.27.